The van der Waals surface area contributed by atoms with Gasteiger partial charge in [-0.15, -0.1) is 11.8 Å². The maximum atomic E-state index is 12.4. The van der Waals surface area contributed by atoms with E-state index in [0.717, 1.165) is 4.90 Å². The summed E-state index contributed by atoms with van der Waals surface area (Å²) >= 11 is 1.64. The molecule has 2 aromatic carbocycles. The van der Waals surface area contributed by atoms with Crippen LogP contribution in [0.2, 0.25) is 0 Å². The minimum absolute atomic E-state index is 0.0819. The molecule has 2 rings (SSSR count). The molecule has 0 aliphatic carbocycles. The fraction of sp³-hybridized carbons (Fsp3) is 0.250. The molecular formula is C20H21N3O2S. The van der Waals surface area contributed by atoms with Crippen molar-refractivity contribution in [2.24, 2.45) is 0 Å². The Bertz CT molecular complexity index is 787. The summed E-state index contributed by atoms with van der Waals surface area (Å²) < 4.78 is 0. The smallest absolute Gasteiger partial charge is 0.251 e. The molecule has 2 aromatic rings. The molecule has 0 fully saturated rings. The van der Waals surface area contributed by atoms with Gasteiger partial charge in [-0.2, -0.15) is 5.26 Å². The molecule has 2 N–H and O–H groups in total. The first kappa shape index (κ1) is 19.5. The molecule has 0 heterocycles. The summed E-state index contributed by atoms with van der Waals surface area (Å²) in [6.45, 7) is 1.96. The van der Waals surface area contributed by atoms with E-state index in [0.29, 0.717) is 17.7 Å². The van der Waals surface area contributed by atoms with Crippen molar-refractivity contribution < 1.29 is 9.59 Å². The fourth-order valence-corrected chi connectivity index (χ4v) is 3.40. The number of nitriles is 1. The van der Waals surface area contributed by atoms with Crippen LogP contribution in [0.15, 0.2) is 59.5 Å². The van der Waals surface area contributed by atoms with Crippen molar-refractivity contribution in [3.63, 3.8) is 0 Å². The molecule has 0 saturated carbocycles. The van der Waals surface area contributed by atoms with Gasteiger partial charge < -0.3 is 10.6 Å². The zero-order valence-electron chi connectivity index (χ0n) is 14.6. The van der Waals surface area contributed by atoms with Crippen molar-refractivity contribution in [3.05, 3.63) is 65.7 Å². The molecule has 0 aliphatic heterocycles. The number of hydrogen-bond donors (Lipinski definition) is 2. The van der Waals surface area contributed by atoms with E-state index in [1.807, 2.05) is 43.3 Å². The quantitative estimate of drug-likeness (QED) is 0.555. The highest BCUT2D eigenvalue weighted by atomic mass is 32.2. The molecule has 1 atom stereocenters. The van der Waals surface area contributed by atoms with Crippen molar-refractivity contribution in [1.29, 1.82) is 5.26 Å². The largest absolute Gasteiger partial charge is 0.341 e. The van der Waals surface area contributed by atoms with Crippen LogP contribution < -0.4 is 10.6 Å². The Morgan fingerprint density at radius 1 is 1.12 bits per heavy atom. The normalized spacial score (nSPS) is 11.2. The SMILES string of the molecule is Cc1ccccc1SCCC(NC(=O)c1ccccc1)C(=O)NCC#N. The molecule has 134 valence electrons. The summed E-state index contributed by atoms with van der Waals surface area (Å²) in [5, 5.41) is 14.0. The van der Waals surface area contributed by atoms with Crippen LogP contribution in [0.25, 0.3) is 0 Å². The number of nitrogens with zero attached hydrogens (tertiary/aromatic N) is 1. The van der Waals surface area contributed by atoms with Gasteiger partial charge in [0.15, 0.2) is 0 Å². The van der Waals surface area contributed by atoms with Gasteiger partial charge in [-0.1, -0.05) is 36.4 Å². The topological polar surface area (TPSA) is 82.0 Å². The van der Waals surface area contributed by atoms with Gasteiger partial charge in [0, 0.05) is 16.2 Å². The number of thioether (sulfide) groups is 1. The van der Waals surface area contributed by atoms with E-state index in [-0.39, 0.29) is 18.4 Å². The Labute approximate surface area is 157 Å². The number of rotatable bonds is 8. The standard InChI is InChI=1S/C20H21N3O2S/c1-15-7-5-6-10-18(15)26-14-11-17(20(25)22-13-12-21)23-19(24)16-8-3-2-4-9-16/h2-10,17H,11,13-14H2,1H3,(H,22,25)(H,23,24). The van der Waals surface area contributed by atoms with Gasteiger partial charge in [-0.3, -0.25) is 9.59 Å². The van der Waals surface area contributed by atoms with E-state index in [1.165, 1.54) is 5.56 Å². The predicted molar refractivity (Wildman–Crippen MR) is 103 cm³/mol. The first-order valence-corrected chi connectivity index (χ1v) is 9.29. The second-order valence-electron chi connectivity index (χ2n) is 5.67. The fourth-order valence-electron chi connectivity index (χ4n) is 2.35. The van der Waals surface area contributed by atoms with Crippen LogP contribution in [-0.4, -0.2) is 30.2 Å². The first-order valence-electron chi connectivity index (χ1n) is 8.31. The number of carbonyl (C=O) groups excluding carboxylic acids is 2. The molecule has 6 heteroatoms. The van der Waals surface area contributed by atoms with E-state index in [4.69, 9.17) is 5.26 Å². The van der Waals surface area contributed by atoms with E-state index in [2.05, 4.69) is 10.6 Å². The van der Waals surface area contributed by atoms with Crippen LogP contribution in [0.4, 0.5) is 0 Å². The zero-order valence-corrected chi connectivity index (χ0v) is 15.4. The lowest BCUT2D eigenvalue weighted by Gasteiger charge is -2.18. The third-order valence-corrected chi connectivity index (χ3v) is 4.97. The molecule has 0 bridgehead atoms. The van der Waals surface area contributed by atoms with Crippen LogP contribution >= 0.6 is 11.8 Å². The lowest BCUT2D eigenvalue weighted by atomic mass is 10.1. The molecule has 0 aliphatic rings. The summed E-state index contributed by atoms with van der Waals surface area (Å²) in [5.41, 5.74) is 1.67. The van der Waals surface area contributed by atoms with Gasteiger partial charge >= 0.3 is 0 Å². The van der Waals surface area contributed by atoms with Crippen LogP contribution in [0, 0.1) is 18.3 Å². The van der Waals surface area contributed by atoms with Crippen molar-refractivity contribution in [2.75, 3.05) is 12.3 Å². The summed E-state index contributed by atoms with van der Waals surface area (Å²) in [6.07, 6.45) is 0.467. The average molecular weight is 367 g/mol. The van der Waals surface area contributed by atoms with E-state index >= 15 is 0 Å². The molecule has 0 saturated heterocycles. The van der Waals surface area contributed by atoms with Gasteiger partial charge in [-0.05, 0) is 37.1 Å². The van der Waals surface area contributed by atoms with Gasteiger partial charge in [0.25, 0.3) is 5.91 Å². The Morgan fingerprint density at radius 3 is 2.50 bits per heavy atom. The van der Waals surface area contributed by atoms with Gasteiger partial charge in [0.05, 0.1) is 6.07 Å². The highest BCUT2D eigenvalue weighted by molar-refractivity contribution is 7.99. The summed E-state index contributed by atoms with van der Waals surface area (Å²) in [4.78, 5) is 25.8. The second-order valence-corrected chi connectivity index (χ2v) is 6.81. The van der Waals surface area contributed by atoms with Crippen molar-refractivity contribution >= 4 is 23.6 Å². The van der Waals surface area contributed by atoms with Crippen LogP contribution in [0.3, 0.4) is 0 Å². The lowest BCUT2D eigenvalue weighted by molar-refractivity contribution is -0.122. The highest BCUT2D eigenvalue weighted by Crippen LogP contribution is 2.22. The van der Waals surface area contributed by atoms with Crippen molar-refractivity contribution in [2.45, 2.75) is 24.3 Å². The van der Waals surface area contributed by atoms with Gasteiger partial charge in [-0.25, -0.2) is 0 Å². The Morgan fingerprint density at radius 2 is 1.81 bits per heavy atom. The van der Waals surface area contributed by atoms with E-state index in [1.54, 1.807) is 36.0 Å². The molecule has 5 nitrogen and oxygen atoms in total. The van der Waals surface area contributed by atoms with Crippen LogP contribution in [0.1, 0.15) is 22.3 Å². The highest BCUT2D eigenvalue weighted by Gasteiger charge is 2.21. The molecule has 2 amide bonds. The van der Waals surface area contributed by atoms with Gasteiger partial charge in [0.2, 0.25) is 5.91 Å². The number of nitrogens with one attached hydrogen (secondary N) is 2. The minimum Gasteiger partial charge on any atom is -0.341 e. The Balaban J connectivity index is 1.99. The molecular weight excluding hydrogens is 346 g/mol. The maximum absolute atomic E-state index is 12.4. The molecule has 0 spiro atoms. The summed E-state index contributed by atoms with van der Waals surface area (Å²) in [7, 11) is 0. The number of amides is 2. The summed E-state index contributed by atoms with van der Waals surface area (Å²) in [5.74, 6) is 0.0229. The second kappa shape index (κ2) is 10.3. The maximum Gasteiger partial charge on any atom is 0.251 e. The number of carbonyl (C=O) groups is 2. The molecule has 0 radical (unpaired) electrons. The number of benzene rings is 2. The zero-order chi connectivity index (χ0) is 18.8. The van der Waals surface area contributed by atoms with E-state index < -0.39 is 6.04 Å². The molecule has 0 aromatic heterocycles. The Kier molecular flexibility index (Phi) is 7.72. The number of aryl methyl sites for hydroxylation is 1. The van der Waals surface area contributed by atoms with Crippen LogP contribution in [-0.2, 0) is 4.79 Å². The monoisotopic (exact) mass is 367 g/mol. The number of hydrogen-bond acceptors (Lipinski definition) is 4. The minimum atomic E-state index is -0.687. The summed E-state index contributed by atoms with van der Waals surface area (Å²) in [6, 6.07) is 18.0. The van der Waals surface area contributed by atoms with Crippen molar-refractivity contribution in [1.82, 2.24) is 10.6 Å². The Hall–Kier alpha value is -2.78. The third kappa shape index (κ3) is 5.94. The first-order chi connectivity index (χ1) is 12.6. The van der Waals surface area contributed by atoms with Gasteiger partial charge in [0.1, 0.15) is 12.6 Å². The molecule has 1 unspecified atom stereocenters. The van der Waals surface area contributed by atoms with E-state index in [9.17, 15) is 9.59 Å². The van der Waals surface area contributed by atoms with Crippen LogP contribution in [0.5, 0.6) is 0 Å². The third-order valence-electron chi connectivity index (χ3n) is 3.76. The van der Waals surface area contributed by atoms with Crippen molar-refractivity contribution in [3.8, 4) is 6.07 Å². The molecule has 26 heavy (non-hydrogen) atoms. The predicted octanol–water partition coefficient (Wildman–Crippen LogP) is 2.92. The lowest BCUT2D eigenvalue weighted by Crippen LogP contribution is -2.47. The average Bonchev–Trinajstić information content (AvgIpc) is 2.67.